The summed E-state index contributed by atoms with van der Waals surface area (Å²) < 4.78 is 0. The normalized spacial score (nSPS) is 28.0. The van der Waals surface area contributed by atoms with Crippen LogP contribution >= 0.6 is 12.6 Å². The quantitative estimate of drug-likeness (QED) is 0.776. The number of carbonyl (C=O) groups excluding carboxylic acids is 1. The Morgan fingerprint density at radius 1 is 1.24 bits per heavy atom. The highest BCUT2D eigenvalue weighted by Gasteiger charge is 2.33. The van der Waals surface area contributed by atoms with Crippen molar-refractivity contribution in [2.45, 2.75) is 44.4 Å². The Kier molecular flexibility index (Phi) is 4.36. The molecule has 2 heterocycles. The van der Waals surface area contributed by atoms with Gasteiger partial charge < -0.3 is 4.90 Å². The average Bonchev–Trinajstić information content (AvgIpc) is 2.96. The number of rotatable bonds is 3. The van der Waals surface area contributed by atoms with Crippen molar-refractivity contribution < 1.29 is 4.79 Å². The standard InChI is InChI=1S/C13H24N2OS/c1-10(2)12(17)13(16)15-8-5-11(9-15)14-6-3-4-7-14/h10-12,17H,3-9H2,1-2H3. The summed E-state index contributed by atoms with van der Waals surface area (Å²) in [5.74, 6) is 0.543. The van der Waals surface area contributed by atoms with Gasteiger partial charge in [-0.05, 0) is 38.3 Å². The lowest BCUT2D eigenvalue weighted by atomic mass is 10.1. The molecule has 2 aliphatic heterocycles. The topological polar surface area (TPSA) is 23.6 Å². The Balaban J connectivity index is 1.86. The highest BCUT2D eigenvalue weighted by Crippen LogP contribution is 2.22. The Hall–Kier alpha value is -0.220. The van der Waals surface area contributed by atoms with Crippen molar-refractivity contribution in [3.8, 4) is 0 Å². The minimum Gasteiger partial charge on any atom is -0.340 e. The van der Waals surface area contributed by atoms with Gasteiger partial charge in [0.25, 0.3) is 0 Å². The molecular formula is C13H24N2OS. The van der Waals surface area contributed by atoms with Crippen molar-refractivity contribution in [3.63, 3.8) is 0 Å². The van der Waals surface area contributed by atoms with Gasteiger partial charge in [-0.15, -0.1) is 0 Å². The van der Waals surface area contributed by atoms with Gasteiger partial charge in [0, 0.05) is 19.1 Å². The lowest BCUT2D eigenvalue weighted by molar-refractivity contribution is -0.130. The van der Waals surface area contributed by atoms with Crippen LogP contribution in [0, 0.1) is 5.92 Å². The van der Waals surface area contributed by atoms with Crippen molar-refractivity contribution in [2.24, 2.45) is 5.92 Å². The first kappa shape index (κ1) is 13.2. The van der Waals surface area contributed by atoms with E-state index in [0.29, 0.717) is 12.0 Å². The minimum absolute atomic E-state index is 0.132. The number of hydrogen-bond donors (Lipinski definition) is 1. The summed E-state index contributed by atoms with van der Waals surface area (Å²) in [6.45, 7) is 8.40. The SMILES string of the molecule is CC(C)C(S)C(=O)N1CCC(N2CCCC2)C1. The molecule has 2 fully saturated rings. The zero-order valence-corrected chi connectivity index (χ0v) is 11.8. The molecule has 3 nitrogen and oxygen atoms in total. The summed E-state index contributed by atoms with van der Waals surface area (Å²) >= 11 is 4.43. The van der Waals surface area contributed by atoms with Gasteiger partial charge >= 0.3 is 0 Å². The van der Waals surface area contributed by atoms with E-state index in [-0.39, 0.29) is 11.2 Å². The fourth-order valence-electron chi connectivity index (χ4n) is 2.82. The fraction of sp³-hybridized carbons (Fsp3) is 0.923. The second-order valence-corrected chi connectivity index (χ2v) is 6.22. The summed E-state index contributed by atoms with van der Waals surface area (Å²) in [6.07, 6.45) is 3.79. The van der Waals surface area contributed by atoms with Crippen LogP contribution in [0.3, 0.4) is 0 Å². The third-order valence-electron chi connectivity index (χ3n) is 4.02. The predicted molar refractivity (Wildman–Crippen MR) is 73.4 cm³/mol. The lowest BCUT2D eigenvalue weighted by Gasteiger charge is -2.25. The van der Waals surface area contributed by atoms with Gasteiger partial charge in [0.1, 0.15) is 0 Å². The third kappa shape index (κ3) is 2.97. The minimum atomic E-state index is -0.132. The summed E-state index contributed by atoms with van der Waals surface area (Å²) in [5, 5.41) is -0.132. The molecule has 0 bridgehead atoms. The summed E-state index contributed by atoms with van der Waals surface area (Å²) in [5.41, 5.74) is 0. The fourth-order valence-corrected chi connectivity index (χ4v) is 2.98. The maximum absolute atomic E-state index is 12.2. The molecule has 2 rings (SSSR count). The van der Waals surface area contributed by atoms with Crippen molar-refractivity contribution in [2.75, 3.05) is 26.2 Å². The molecule has 0 spiro atoms. The Bertz CT molecular complexity index is 277. The number of nitrogens with zero attached hydrogens (tertiary/aromatic N) is 2. The Labute approximate surface area is 110 Å². The zero-order valence-electron chi connectivity index (χ0n) is 10.9. The van der Waals surface area contributed by atoms with Crippen LogP contribution < -0.4 is 0 Å². The molecule has 0 aromatic rings. The molecule has 0 aromatic carbocycles. The maximum Gasteiger partial charge on any atom is 0.235 e. The van der Waals surface area contributed by atoms with E-state index in [2.05, 4.69) is 31.4 Å². The van der Waals surface area contributed by atoms with Crippen LogP contribution in [-0.4, -0.2) is 53.2 Å². The van der Waals surface area contributed by atoms with Crippen LogP contribution in [0.15, 0.2) is 0 Å². The highest BCUT2D eigenvalue weighted by atomic mass is 32.1. The van der Waals surface area contributed by atoms with Crippen molar-refractivity contribution in [1.29, 1.82) is 0 Å². The van der Waals surface area contributed by atoms with Crippen LogP contribution in [0.1, 0.15) is 33.1 Å². The molecule has 1 amide bonds. The summed E-state index contributed by atoms with van der Waals surface area (Å²) in [7, 11) is 0. The highest BCUT2D eigenvalue weighted by molar-refractivity contribution is 7.81. The maximum atomic E-state index is 12.2. The number of thiol groups is 1. The summed E-state index contributed by atoms with van der Waals surface area (Å²) in [4.78, 5) is 16.7. The van der Waals surface area contributed by atoms with E-state index in [1.807, 2.05) is 4.90 Å². The van der Waals surface area contributed by atoms with Gasteiger partial charge in [-0.1, -0.05) is 13.8 Å². The molecular weight excluding hydrogens is 232 g/mol. The first-order valence-corrected chi connectivity index (χ1v) is 7.32. The van der Waals surface area contributed by atoms with Crippen LogP contribution in [0.4, 0.5) is 0 Å². The third-order valence-corrected chi connectivity index (χ3v) is 4.83. The number of hydrogen-bond acceptors (Lipinski definition) is 3. The van der Waals surface area contributed by atoms with E-state index in [4.69, 9.17) is 0 Å². The molecule has 2 atom stereocenters. The van der Waals surface area contributed by atoms with Gasteiger partial charge in [-0.2, -0.15) is 12.6 Å². The van der Waals surface area contributed by atoms with Crippen molar-refractivity contribution >= 4 is 18.5 Å². The zero-order chi connectivity index (χ0) is 12.4. The molecule has 0 radical (unpaired) electrons. The van der Waals surface area contributed by atoms with E-state index in [0.717, 1.165) is 19.5 Å². The molecule has 2 unspecified atom stereocenters. The van der Waals surface area contributed by atoms with E-state index in [1.165, 1.54) is 25.9 Å². The van der Waals surface area contributed by atoms with E-state index >= 15 is 0 Å². The van der Waals surface area contributed by atoms with E-state index in [1.54, 1.807) is 0 Å². The molecule has 0 aromatic heterocycles. The van der Waals surface area contributed by atoms with Gasteiger partial charge in [0.15, 0.2) is 0 Å². The van der Waals surface area contributed by atoms with Gasteiger partial charge in [0.2, 0.25) is 5.91 Å². The molecule has 0 saturated carbocycles. The van der Waals surface area contributed by atoms with Crippen LogP contribution in [0.25, 0.3) is 0 Å². The monoisotopic (exact) mass is 256 g/mol. The smallest absolute Gasteiger partial charge is 0.235 e. The van der Waals surface area contributed by atoms with Crippen LogP contribution in [0.5, 0.6) is 0 Å². The molecule has 2 saturated heterocycles. The number of likely N-dealkylation sites (tertiary alicyclic amines) is 2. The van der Waals surface area contributed by atoms with Gasteiger partial charge in [-0.3, -0.25) is 9.69 Å². The van der Waals surface area contributed by atoms with Crippen LogP contribution in [0.2, 0.25) is 0 Å². The first-order chi connectivity index (χ1) is 8.09. The second-order valence-electron chi connectivity index (χ2n) is 5.66. The number of amides is 1. The van der Waals surface area contributed by atoms with Crippen LogP contribution in [-0.2, 0) is 4.79 Å². The van der Waals surface area contributed by atoms with Gasteiger partial charge in [-0.25, -0.2) is 0 Å². The Morgan fingerprint density at radius 3 is 2.47 bits per heavy atom. The molecule has 2 aliphatic rings. The molecule has 17 heavy (non-hydrogen) atoms. The van der Waals surface area contributed by atoms with Crippen molar-refractivity contribution in [3.05, 3.63) is 0 Å². The van der Waals surface area contributed by atoms with Crippen molar-refractivity contribution in [1.82, 2.24) is 9.80 Å². The average molecular weight is 256 g/mol. The molecule has 0 N–H and O–H groups in total. The second kappa shape index (κ2) is 5.61. The largest absolute Gasteiger partial charge is 0.340 e. The summed E-state index contributed by atoms with van der Waals surface area (Å²) in [6, 6.07) is 0.606. The predicted octanol–water partition coefficient (Wildman–Crippen LogP) is 1.64. The lowest BCUT2D eigenvalue weighted by Crippen LogP contribution is -2.40. The molecule has 98 valence electrons. The van der Waals surface area contributed by atoms with E-state index in [9.17, 15) is 4.79 Å². The van der Waals surface area contributed by atoms with E-state index < -0.39 is 0 Å². The van der Waals surface area contributed by atoms with Gasteiger partial charge in [0.05, 0.1) is 5.25 Å². The Morgan fingerprint density at radius 2 is 1.88 bits per heavy atom. The first-order valence-electron chi connectivity index (χ1n) is 6.80. The molecule has 0 aliphatic carbocycles. The molecule has 4 heteroatoms. The number of carbonyl (C=O) groups is 1.